The molecule has 0 spiro atoms. The van der Waals surface area contributed by atoms with Gasteiger partial charge in [0.2, 0.25) is 0 Å². The molecule has 60 valence electrons. The van der Waals surface area contributed by atoms with Crippen LogP contribution in [0.1, 0.15) is 0 Å². The van der Waals surface area contributed by atoms with Gasteiger partial charge in [-0.05, 0) is 6.07 Å². The molecule has 0 aliphatic carbocycles. The molecule has 0 saturated heterocycles. The second kappa shape index (κ2) is 3.83. The summed E-state index contributed by atoms with van der Waals surface area (Å²) in [5.41, 5.74) is 0.722. The molecule has 12 heavy (non-hydrogen) atoms. The highest BCUT2D eigenvalue weighted by Crippen LogP contribution is 2.22. The molecule has 2 aromatic rings. The van der Waals surface area contributed by atoms with Crippen LogP contribution in [-0.4, -0.2) is 18.2 Å². The van der Waals surface area contributed by atoms with E-state index in [-0.39, 0.29) is 5.95 Å². The summed E-state index contributed by atoms with van der Waals surface area (Å²) in [5, 5.41) is 16.3. The van der Waals surface area contributed by atoms with Gasteiger partial charge in [0, 0.05) is 11.5 Å². The minimum absolute atomic E-state index is 0.0267. The lowest BCUT2D eigenvalue weighted by Gasteiger charge is -1.81. The summed E-state index contributed by atoms with van der Waals surface area (Å²) in [7, 11) is 3.50. The Balaban J connectivity index is 0.000000336. The standard InChI is InChI=1S/C8H6O2.BHO/c9-8-5-6-3-1-2-4-7(6)10-8;1-2/h1-5,9H;2H. The van der Waals surface area contributed by atoms with Gasteiger partial charge in [0.05, 0.1) is 0 Å². The maximum absolute atomic E-state index is 8.89. The van der Waals surface area contributed by atoms with E-state index in [0.29, 0.717) is 0 Å². The van der Waals surface area contributed by atoms with Crippen LogP contribution in [-0.2, 0) is 0 Å². The highest BCUT2D eigenvalue weighted by Gasteiger charge is 1.97. The van der Waals surface area contributed by atoms with Crippen molar-refractivity contribution in [3.05, 3.63) is 30.3 Å². The van der Waals surface area contributed by atoms with Gasteiger partial charge in [-0.2, -0.15) is 0 Å². The Bertz CT molecular complexity index is 323. The Morgan fingerprint density at radius 3 is 2.50 bits per heavy atom. The number of aromatic hydroxyl groups is 1. The van der Waals surface area contributed by atoms with Crippen molar-refractivity contribution in [1.29, 1.82) is 0 Å². The summed E-state index contributed by atoms with van der Waals surface area (Å²) < 4.78 is 4.92. The normalized spacial score (nSPS) is 9.08. The summed E-state index contributed by atoms with van der Waals surface area (Å²) in [6, 6.07) is 9.06. The van der Waals surface area contributed by atoms with Crippen LogP contribution in [0.4, 0.5) is 0 Å². The summed E-state index contributed by atoms with van der Waals surface area (Å²) in [6.07, 6.45) is 0. The fraction of sp³-hybridized carbons (Fsp3) is 0. The van der Waals surface area contributed by atoms with E-state index >= 15 is 0 Å². The van der Waals surface area contributed by atoms with Crippen LogP contribution in [0.25, 0.3) is 11.0 Å². The molecule has 2 radical (unpaired) electrons. The molecule has 0 bridgehead atoms. The van der Waals surface area contributed by atoms with Crippen molar-refractivity contribution in [1.82, 2.24) is 0 Å². The Morgan fingerprint density at radius 1 is 1.17 bits per heavy atom. The topological polar surface area (TPSA) is 53.6 Å². The molecule has 0 amide bonds. The smallest absolute Gasteiger partial charge is 0.282 e. The Hall–Kier alpha value is -1.42. The molecule has 0 fully saturated rings. The molecule has 2 rings (SSSR count). The average Bonchev–Trinajstić information content (AvgIpc) is 2.48. The number of benzene rings is 1. The number of fused-ring (bicyclic) bond motifs is 1. The third-order valence-corrected chi connectivity index (χ3v) is 1.41. The van der Waals surface area contributed by atoms with Gasteiger partial charge >= 0.3 is 0 Å². The molecule has 0 unspecified atom stereocenters. The fourth-order valence-electron chi connectivity index (χ4n) is 0.968. The van der Waals surface area contributed by atoms with Crippen LogP contribution in [0, 0.1) is 0 Å². The van der Waals surface area contributed by atoms with Gasteiger partial charge < -0.3 is 14.5 Å². The first-order valence-corrected chi connectivity index (χ1v) is 3.29. The maximum atomic E-state index is 8.89. The summed E-state index contributed by atoms with van der Waals surface area (Å²) in [4.78, 5) is 0. The maximum Gasteiger partial charge on any atom is 0.282 e. The van der Waals surface area contributed by atoms with Crippen molar-refractivity contribution >= 4 is 19.0 Å². The first-order chi connectivity index (χ1) is 5.86. The minimum atomic E-state index is -0.0267. The van der Waals surface area contributed by atoms with Gasteiger partial charge in [0.1, 0.15) is 5.58 Å². The van der Waals surface area contributed by atoms with Gasteiger partial charge in [-0.3, -0.25) is 0 Å². The van der Waals surface area contributed by atoms with Crippen molar-refractivity contribution in [2.45, 2.75) is 0 Å². The highest BCUT2D eigenvalue weighted by molar-refractivity contribution is 5.95. The molecule has 1 aromatic carbocycles. The summed E-state index contributed by atoms with van der Waals surface area (Å²) in [6.45, 7) is 0. The lowest BCUT2D eigenvalue weighted by Crippen LogP contribution is -1.57. The third-order valence-electron chi connectivity index (χ3n) is 1.41. The number of furan rings is 1. The Kier molecular flexibility index (Phi) is 2.77. The number of hydrogen-bond acceptors (Lipinski definition) is 3. The Labute approximate surface area is 70.7 Å². The molecular formula is C8H7BO3. The van der Waals surface area contributed by atoms with E-state index in [4.69, 9.17) is 14.5 Å². The van der Waals surface area contributed by atoms with Gasteiger partial charge in [-0.1, -0.05) is 18.2 Å². The predicted octanol–water partition coefficient (Wildman–Crippen LogP) is 1.20. The Morgan fingerprint density at radius 2 is 1.83 bits per heavy atom. The van der Waals surface area contributed by atoms with Gasteiger partial charge in [-0.15, -0.1) is 0 Å². The molecule has 0 atom stereocenters. The summed E-state index contributed by atoms with van der Waals surface area (Å²) in [5.74, 6) is -0.0267. The minimum Gasteiger partial charge on any atom is -0.481 e. The van der Waals surface area contributed by atoms with Crippen molar-refractivity contribution in [2.24, 2.45) is 0 Å². The SMILES string of the molecule is Oc1cc2ccccc2o1.[B]O. The molecule has 2 N–H and O–H groups in total. The molecule has 3 nitrogen and oxygen atoms in total. The lowest BCUT2D eigenvalue weighted by molar-refractivity contribution is 0.346. The number of rotatable bonds is 0. The quantitative estimate of drug-likeness (QED) is 0.572. The molecule has 0 aliphatic heterocycles. The largest absolute Gasteiger partial charge is 0.481 e. The molecular weight excluding hydrogens is 155 g/mol. The van der Waals surface area contributed by atoms with Crippen LogP contribution >= 0.6 is 0 Å². The van der Waals surface area contributed by atoms with E-state index in [0.717, 1.165) is 11.0 Å². The lowest BCUT2D eigenvalue weighted by atomic mass is 10.3. The van der Waals surface area contributed by atoms with Crippen molar-refractivity contribution in [3.8, 4) is 5.95 Å². The molecule has 0 aliphatic rings. The number of hydrogen-bond donors (Lipinski definition) is 2. The van der Waals surface area contributed by atoms with Gasteiger partial charge in [0.25, 0.3) is 14.0 Å². The van der Waals surface area contributed by atoms with Crippen molar-refractivity contribution < 1.29 is 14.5 Å². The molecule has 0 saturated carbocycles. The second-order valence-electron chi connectivity index (χ2n) is 2.12. The first kappa shape index (κ1) is 8.68. The zero-order valence-electron chi connectivity index (χ0n) is 6.27. The van der Waals surface area contributed by atoms with Gasteiger partial charge in [0.15, 0.2) is 0 Å². The predicted molar refractivity (Wildman–Crippen MR) is 45.9 cm³/mol. The van der Waals surface area contributed by atoms with E-state index in [1.165, 1.54) is 0 Å². The molecule has 1 aromatic heterocycles. The zero-order chi connectivity index (χ0) is 8.97. The van der Waals surface area contributed by atoms with E-state index in [2.05, 4.69) is 8.05 Å². The second-order valence-corrected chi connectivity index (χ2v) is 2.12. The highest BCUT2D eigenvalue weighted by atomic mass is 16.5. The molecule has 1 heterocycles. The van der Waals surface area contributed by atoms with Crippen LogP contribution in [0.15, 0.2) is 34.7 Å². The van der Waals surface area contributed by atoms with Gasteiger partial charge in [-0.25, -0.2) is 0 Å². The zero-order valence-corrected chi connectivity index (χ0v) is 6.27. The fourth-order valence-corrected chi connectivity index (χ4v) is 0.968. The third kappa shape index (κ3) is 1.60. The molecule has 4 heteroatoms. The van der Waals surface area contributed by atoms with E-state index in [1.807, 2.05) is 24.3 Å². The van der Waals surface area contributed by atoms with Crippen LogP contribution in [0.2, 0.25) is 0 Å². The average molecular weight is 162 g/mol. The van der Waals surface area contributed by atoms with Crippen molar-refractivity contribution in [2.75, 3.05) is 0 Å². The van der Waals surface area contributed by atoms with Crippen LogP contribution in [0.3, 0.4) is 0 Å². The monoisotopic (exact) mass is 162 g/mol. The van der Waals surface area contributed by atoms with E-state index in [9.17, 15) is 0 Å². The van der Waals surface area contributed by atoms with Crippen molar-refractivity contribution in [3.63, 3.8) is 0 Å². The van der Waals surface area contributed by atoms with E-state index < -0.39 is 0 Å². The van der Waals surface area contributed by atoms with Crippen LogP contribution < -0.4 is 0 Å². The van der Waals surface area contributed by atoms with E-state index in [1.54, 1.807) is 6.07 Å². The number of para-hydroxylation sites is 1. The summed E-state index contributed by atoms with van der Waals surface area (Å²) >= 11 is 0. The first-order valence-electron chi connectivity index (χ1n) is 3.29. The van der Waals surface area contributed by atoms with Crippen LogP contribution in [0.5, 0.6) is 5.95 Å².